The molecule has 2 aromatic carbocycles. The molecule has 3 aliphatic rings. The molecule has 0 aromatic heterocycles. The predicted octanol–water partition coefficient (Wildman–Crippen LogP) is 3.38. The molecule has 108 valence electrons. The standard InChI is InChI=1S/C17H11FN2O2/c1-21-14-5-2-8(18)6-12(14)11-7-13-15(10-4-3-9(10)11)19-17-16(13)20-22-17/h2,5-7H,3-4H2,1H3. The first-order valence-corrected chi connectivity index (χ1v) is 7.13. The van der Waals surface area contributed by atoms with E-state index in [1.165, 1.54) is 23.3 Å². The molecular formula is C17H11FN2O2. The molecule has 0 saturated carbocycles. The molecule has 2 aliphatic heterocycles. The lowest BCUT2D eigenvalue weighted by atomic mass is 9.79. The zero-order valence-corrected chi connectivity index (χ0v) is 11.8. The van der Waals surface area contributed by atoms with Crippen LogP contribution in [-0.2, 0) is 17.7 Å². The van der Waals surface area contributed by atoms with Crippen LogP contribution < -0.4 is 4.74 Å². The molecule has 0 amide bonds. The van der Waals surface area contributed by atoms with E-state index in [2.05, 4.69) is 10.1 Å². The topological polar surface area (TPSA) is 43.2 Å². The number of methoxy groups -OCH3 is 1. The van der Waals surface area contributed by atoms with Gasteiger partial charge in [0.15, 0.2) is 5.71 Å². The molecule has 2 aromatic rings. The summed E-state index contributed by atoms with van der Waals surface area (Å²) in [6, 6.07) is 6.62. The molecule has 22 heavy (non-hydrogen) atoms. The van der Waals surface area contributed by atoms with Crippen molar-refractivity contribution in [1.29, 1.82) is 0 Å². The van der Waals surface area contributed by atoms with Crippen molar-refractivity contribution in [2.45, 2.75) is 12.8 Å². The van der Waals surface area contributed by atoms with Gasteiger partial charge in [-0.3, -0.25) is 0 Å². The van der Waals surface area contributed by atoms with Crippen LogP contribution in [0.1, 0.15) is 16.7 Å². The van der Waals surface area contributed by atoms with E-state index < -0.39 is 0 Å². The summed E-state index contributed by atoms with van der Waals surface area (Å²) in [7, 11) is 1.60. The number of oxime groups is 1. The fourth-order valence-corrected chi connectivity index (χ4v) is 3.31. The van der Waals surface area contributed by atoms with Gasteiger partial charge in [-0.2, -0.15) is 0 Å². The lowest BCUT2D eigenvalue weighted by Gasteiger charge is -2.26. The van der Waals surface area contributed by atoms with Crippen LogP contribution in [0.25, 0.3) is 11.1 Å². The normalized spacial score (nSPS) is 16.3. The Hall–Kier alpha value is -2.69. The summed E-state index contributed by atoms with van der Waals surface area (Å²) >= 11 is 0. The Kier molecular flexibility index (Phi) is 2.13. The van der Waals surface area contributed by atoms with Crippen molar-refractivity contribution in [3.63, 3.8) is 0 Å². The largest absolute Gasteiger partial charge is 0.496 e. The second-order valence-electron chi connectivity index (χ2n) is 5.57. The first-order valence-electron chi connectivity index (χ1n) is 7.13. The van der Waals surface area contributed by atoms with Gasteiger partial charge in [0.25, 0.3) is 5.90 Å². The summed E-state index contributed by atoms with van der Waals surface area (Å²) in [6.07, 6.45) is 1.95. The molecule has 0 fully saturated rings. The molecule has 0 saturated heterocycles. The summed E-state index contributed by atoms with van der Waals surface area (Å²) in [5.41, 5.74) is 6.94. The van der Waals surface area contributed by atoms with Gasteiger partial charge >= 0.3 is 0 Å². The van der Waals surface area contributed by atoms with Crippen molar-refractivity contribution >= 4 is 17.3 Å². The molecule has 1 aliphatic carbocycles. The van der Waals surface area contributed by atoms with Gasteiger partial charge in [-0.25, -0.2) is 9.38 Å². The minimum Gasteiger partial charge on any atom is -0.496 e. The first kappa shape index (κ1) is 11.9. The van der Waals surface area contributed by atoms with Crippen molar-refractivity contribution in [3.8, 4) is 16.9 Å². The Morgan fingerprint density at radius 3 is 2.64 bits per heavy atom. The van der Waals surface area contributed by atoms with Crippen LogP contribution in [0.3, 0.4) is 0 Å². The molecule has 5 heteroatoms. The highest BCUT2D eigenvalue weighted by Gasteiger charge is 2.37. The highest BCUT2D eigenvalue weighted by atomic mass is 19.1. The van der Waals surface area contributed by atoms with Crippen LogP contribution in [0.2, 0.25) is 0 Å². The molecule has 0 atom stereocenters. The van der Waals surface area contributed by atoms with E-state index in [-0.39, 0.29) is 5.82 Å². The lowest BCUT2D eigenvalue weighted by Crippen LogP contribution is -2.23. The minimum atomic E-state index is -0.273. The maximum Gasteiger partial charge on any atom is 0.279 e. The summed E-state index contributed by atoms with van der Waals surface area (Å²) in [6.45, 7) is 0. The van der Waals surface area contributed by atoms with Crippen LogP contribution in [0.15, 0.2) is 34.4 Å². The quantitative estimate of drug-likeness (QED) is 0.852. The van der Waals surface area contributed by atoms with Gasteiger partial charge in [-0.15, -0.1) is 0 Å². The molecule has 4 nitrogen and oxygen atoms in total. The Labute approximate surface area is 125 Å². The third-order valence-corrected chi connectivity index (χ3v) is 4.49. The highest BCUT2D eigenvalue weighted by molar-refractivity contribution is 6.52. The smallest absolute Gasteiger partial charge is 0.279 e. The van der Waals surface area contributed by atoms with Crippen molar-refractivity contribution in [3.05, 3.63) is 46.8 Å². The van der Waals surface area contributed by atoms with Crippen LogP contribution in [0.5, 0.6) is 5.75 Å². The number of ether oxygens (including phenoxy) is 1. The summed E-state index contributed by atoms with van der Waals surface area (Å²) in [5.74, 6) is 0.986. The van der Waals surface area contributed by atoms with Gasteiger partial charge in [0.05, 0.1) is 12.8 Å². The fourth-order valence-electron chi connectivity index (χ4n) is 3.31. The van der Waals surface area contributed by atoms with Crippen molar-refractivity contribution in [2.24, 2.45) is 10.1 Å². The van der Waals surface area contributed by atoms with Gasteiger partial charge in [0.1, 0.15) is 11.6 Å². The Bertz CT molecular complexity index is 915. The number of hydrogen-bond acceptors (Lipinski definition) is 4. The van der Waals surface area contributed by atoms with E-state index in [1.807, 2.05) is 6.07 Å². The third kappa shape index (κ3) is 1.35. The van der Waals surface area contributed by atoms with E-state index >= 15 is 0 Å². The number of nitrogens with zero attached hydrogens (tertiary/aromatic N) is 2. The second-order valence-corrected chi connectivity index (χ2v) is 5.57. The summed E-state index contributed by atoms with van der Waals surface area (Å²) in [5, 5.41) is 3.94. The second kappa shape index (κ2) is 3.94. The zero-order chi connectivity index (χ0) is 14.8. The average molecular weight is 294 g/mol. The molecule has 2 heterocycles. The number of hydrogen-bond donors (Lipinski definition) is 0. The summed E-state index contributed by atoms with van der Waals surface area (Å²) < 4.78 is 19.1. The van der Waals surface area contributed by atoms with Crippen LogP contribution in [0.4, 0.5) is 10.1 Å². The van der Waals surface area contributed by atoms with Gasteiger partial charge in [-0.1, -0.05) is 5.16 Å². The molecule has 5 rings (SSSR count). The van der Waals surface area contributed by atoms with Gasteiger partial charge in [0, 0.05) is 11.1 Å². The first-order chi connectivity index (χ1) is 10.8. The number of aliphatic imine (C=N–C) groups is 1. The van der Waals surface area contributed by atoms with E-state index in [4.69, 9.17) is 9.57 Å². The molecule has 0 unspecified atom stereocenters. The van der Waals surface area contributed by atoms with Crippen LogP contribution in [-0.4, -0.2) is 18.7 Å². The van der Waals surface area contributed by atoms with Crippen molar-refractivity contribution in [2.75, 3.05) is 7.11 Å². The number of benzene rings is 2. The van der Waals surface area contributed by atoms with Crippen molar-refractivity contribution in [1.82, 2.24) is 0 Å². The summed E-state index contributed by atoms with van der Waals surface area (Å²) in [4.78, 5) is 9.50. The molecule has 0 N–H and O–H groups in total. The Morgan fingerprint density at radius 2 is 1.95 bits per heavy atom. The maximum atomic E-state index is 13.7. The SMILES string of the molecule is COc1ccc(F)cc1-c1cc2c(c3c1CC3)N=C1ON=C12. The Balaban J connectivity index is 1.79. The van der Waals surface area contributed by atoms with Crippen molar-refractivity contribution < 1.29 is 14.0 Å². The van der Waals surface area contributed by atoms with E-state index in [0.29, 0.717) is 11.6 Å². The van der Waals surface area contributed by atoms with Crippen LogP contribution >= 0.6 is 0 Å². The maximum absolute atomic E-state index is 13.7. The fraction of sp³-hybridized carbons (Fsp3) is 0.176. The molecular weight excluding hydrogens is 283 g/mol. The number of fused-ring (bicyclic) bond motifs is 5. The average Bonchev–Trinajstić information content (AvgIpc) is 2.68. The zero-order valence-electron chi connectivity index (χ0n) is 11.8. The molecule has 0 bridgehead atoms. The van der Waals surface area contributed by atoms with Gasteiger partial charge in [-0.05, 0) is 53.8 Å². The minimum absolute atomic E-state index is 0.273. The van der Waals surface area contributed by atoms with E-state index in [1.54, 1.807) is 13.2 Å². The number of rotatable bonds is 2. The third-order valence-electron chi connectivity index (χ3n) is 4.49. The predicted molar refractivity (Wildman–Crippen MR) is 80.5 cm³/mol. The van der Waals surface area contributed by atoms with Gasteiger partial charge in [0.2, 0.25) is 0 Å². The monoisotopic (exact) mass is 294 g/mol. The highest BCUT2D eigenvalue weighted by Crippen LogP contribution is 2.47. The van der Waals surface area contributed by atoms with Gasteiger partial charge < -0.3 is 9.57 Å². The Morgan fingerprint density at radius 1 is 1.09 bits per heavy atom. The van der Waals surface area contributed by atoms with E-state index in [0.717, 1.165) is 40.9 Å². The molecule has 0 spiro atoms. The van der Waals surface area contributed by atoms with E-state index in [9.17, 15) is 4.39 Å². The number of halogens is 1. The molecule has 0 radical (unpaired) electrons. The van der Waals surface area contributed by atoms with Crippen LogP contribution in [0, 0.1) is 5.82 Å². The lowest BCUT2D eigenvalue weighted by molar-refractivity contribution is 0.309.